The summed E-state index contributed by atoms with van der Waals surface area (Å²) in [6, 6.07) is 3.67. The number of carbonyl (C=O) groups is 1. The predicted molar refractivity (Wildman–Crippen MR) is 61.1 cm³/mol. The normalized spacial score (nSPS) is 10.5. The van der Waals surface area contributed by atoms with Gasteiger partial charge in [0.1, 0.15) is 12.1 Å². The van der Waals surface area contributed by atoms with Gasteiger partial charge in [-0.1, -0.05) is 0 Å². The molecule has 0 saturated carbocycles. The quantitative estimate of drug-likeness (QED) is 0.920. The van der Waals surface area contributed by atoms with Crippen LogP contribution in [0.4, 0.5) is 8.78 Å². The van der Waals surface area contributed by atoms with Crippen LogP contribution in [0, 0.1) is 0 Å². The van der Waals surface area contributed by atoms with E-state index in [1.165, 1.54) is 30.9 Å². The summed E-state index contributed by atoms with van der Waals surface area (Å²) in [5.74, 6) is -1.47. The van der Waals surface area contributed by atoms with Gasteiger partial charge in [0.15, 0.2) is 0 Å². The van der Waals surface area contributed by atoms with Crippen LogP contribution in [0.15, 0.2) is 36.9 Å². The second kappa shape index (κ2) is 5.38. The van der Waals surface area contributed by atoms with Crippen molar-refractivity contribution in [3.8, 4) is 16.9 Å². The molecule has 0 aliphatic heterocycles. The number of nitrogens with zero attached hydrogens (tertiary/aromatic N) is 2. The molecule has 5 nitrogen and oxygen atoms in total. The molecule has 1 N–H and O–H groups in total. The summed E-state index contributed by atoms with van der Waals surface area (Å²) >= 11 is 0. The highest BCUT2D eigenvalue weighted by Gasteiger charge is 2.12. The Kier molecular flexibility index (Phi) is 3.65. The van der Waals surface area contributed by atoms with Gasteiger partial charge in [-0.25, -0.2) is 14.8 Å². The molecule has 0 saturated heterocycles. The van der Waals surface area contributed by atoms with Crippen LogP contribution in [0.2, 0.25) is 0 Å². The van der Waals surface area contributed by atoms with Crippen LogP contribution in [0.1, 0.15) is 10.4 Å². The average molecular weight is 266 g/mol. The van der Waals surface area contributed by atoms with E-state index in [2.05, 4.69) is 14.7 Å². The minimum absolute atomic E-state index is 0.156. The third-order valence-corrected chi connectivity index (χ3v) is 2.27. The zero-order valence-electron chi connectivity index (χ0n) is 9.46. The molecular weight excluding hydrogens is 258 g/mol. The van der Waals surface area contributed by atoms with Crippen LogP contribution in [-0.2, 0) is 0 Å². The van der Waals surface area contributed by atoms with Gasteiger partial charge in [0.2, 0.25) is 0 Å². The van der Waals surface area contributed by atoms with Gasteiger partial charge in [0.25, 0.3) is 0 Å². The third kappa shape index (κ3) is 3.21. The predicted octanol–water partition coefficient (Wildman–Crippen LogP) is 2.44. The number of ether oxygens (including phenoxy) is 1. The van der Waals surface area contributed by atoms with Gasteiger partial charge in [-0.3, -0.25) is 0 Å². The first-order valence-corrected chi connectivity index (χ1v) is 5.15. The molecule has 0 atom stereocenters. The maximum absolute atomic E-state index is 12.2. The Labute approximate surface area is 106 Å². The maximum Gasteiger partial charge on any atom is 0.387 e. The van der Waals surface area contributed by atoms with Crippen molar-refractivity contribution >= 4 is 5.97 Å². The summed E-state index contributed by atoms with van der Waals surface area (Å²) < 4.78 is 28.6. The Hall–Kier alpha value is -2.57. The van der Waals surface area contributed by atoms with E-state index in [0.717, 1.165) is 6.07 Å². The first kappa shape index (κ1) is 12.9. The SMILES string of the molecule is O=C(O)c1cc(OC(F)F)cc(-c2cncnc2)c1. The topological polar surface area (TPSA) is 72.3 Å². The van der Waals surface area contributed by atoms with Crippen molar-refractivity contribution in [2.45, 2.75) is 6.61 Å². The van der Waals surface area contributed by atoms with Crippen molar-refractivity contribution in [1.29, 1.82) is 0 Å². The molecule has 0 bridgehead atoms. The molecule has 98 valence electrons. The maximum atomic E-state index is 12.2. The molecule has 2 rings (SSSR count). The van der Waals surface area contributed by atoms with Gasteiger partial charge in [-0.15, -0.1) is 0 Å². The largest absolute Gasteiger partial charge is 0.478 e. The Balaban J connectivity index is 2.48. The molecule has 2 aromatic rings. The van der Waals surface area contributed by atoms with Gasteiger partial charge in [0.05, 0.1) is 5.56 Å². The van der Waals surface area contributed by atoms with Crippen molar-refractivity contribution in [3.05, 3.63) is 42.5 Å². The van der Waals surface area contributed by atoms with E-state index in [-0.39, 0.29) is 11.3 Å². The lowest BCUT2D eigenvalue weighted by Gasteiger charge is -2.08. The molecule has 1 aromatic carbocycles. The molecule has 19 heavy (non-hydrogen) atoms. The van der Waals surface area contributed by atoms with E-state index in [0.29, 0.717) is 11.1 Å². The minimum atomic E-state index is -3.02. The third-order valence-electron chi connectivity index (χ3n) is 2.27. The lowest BCUT2D eigenvalue weighted by Crippen LogP contribution is -2.04. The molecule has 0 aliphatic carbocycles. The van der Waals surface area contributed by atoms with Crippen molar-refractivity contribution in [3.63, 3.8) is 0 Å². The fourth-order valence-corrected chi connectivity index (χ4v) is 1.51. The van der Waals surface area contributed by atoms with Gasteiger partial charge in [-0.2, -0.15) is 8.78 Å². The van der Waals surface area contributed by atoms with Crippen LogP contribution in [0.5, 0.6) is 5.75 Å². The molecule has 1 aromatic heterocycles. The van der Waals surface area contributed by atoms with Crippen LogP contribution < -0.4 is 4.74 Å². The Morgan fingerprint density at radius 1 is 1.16 bits per heavy atom. The monoisotopic (exact) mass is 266 g/mol. The number of benzene rings is 1. The molecule has 0 aliphatic rings. The van der Waals surface area contributed by atoms with Crippen molar-refractivity contribution in [2.75, 3.05) is 0 Å². The number of alkyl halides is 2. The number of hydrogen-bond donors (Lipinski definition) is 1. The molecule has 0 fully saturated rings. The number of carboxylic acid groups (broad SMARTS) is 1. The highest BCUT2D eigenvalue weighted by atomic mass is 19.3. The fourth-order valence-electron chi connectivity index (χ4n) is 1.51. The summed E-state index contributed by atoms with van der Waals surface area (Å²) in [7, 11) is 0. The van der Waals surface area contributed by atoms with Crippen LogP contribution in [0.25, 0.3) is 11.1 Å². The van der Waals surface area contributed by atoms with Crippen molar-refractivity contribution < 1.29 is 23.4 Å². The van der Waals surface area contributed by atoms with Crippen LogP contribution in [-0.4, -0.2) is 27.7 Å². The Morgan fingerprint density at radius 2 is 1.84 bits per heavy atom. The molecule has 0 amide bonds. The summed E-state index contributed by atoms with van der Waals surface area (Å²) in [4.78, 5) is 18.5. The average Bonchev–Trinajstić information content (AvgIpc) is 2.38. The van der Waals surface area contributed by atoms with Crippen LogP contribution in [0.3, 0.4) is 0 Å². The smallest absolute Gasteiger partial charge is 0.387 e. The number of carboxylic acids is 1. The number of rotatable bonds is 4. The minimum Gasteiger partial charge on any atom is -0.478 e. The van der Waals surface area contributed by atoms with E-state index in [4.69, 9.17) is 5.11 Å². The standard InChI is InChI=1S/C12H8F2N2O3/c13-12(14)19-10-2-7(1-8(3-10)11(17)18)9-4-15-6-16-5-9/h1-6,12H,(H,17,18). The van der Waals surface area contributed by atoms with E-state index in [1.54, 1.807) is 0 Å². The Bertz CT molecular complexity index is 591. The first-order chi connectivity index (χ1) is 9.06. The second-order valence-electron chi connectivity index (χ2n) is 3.56. The van der Waals surface area contributed by atoms with Gasteiger partial charge in [0, 0.05) is 18.0 Å². The zero-order chi connectivity index (χ0) is 13.8. The summed E-state index contributed by atoms with van der Waals surface area (Å²) in [5.41, 5.74) is 0.734. The number of halogens is 2. The van der Waals surface area contributed by atoms with Crippen molar-refractivity contribution in [2.24, 2.45) is 0 Å². The van der Waals surface area contributed by atoms with Gasteiger partial charge >= 0.3 is 12.6 Å². The molecule has 0 spiro atoms. The summed E-state index contributed by atoms with van der Waals surface area (Å²) in [6.07, 6.45) is 4.20. The molecule has 0 radical (unpaired) electrons. The van der Waals surface area contributed by atoms with E-state index >= 15 is 0 Å². The highest BCUT2D eigenvalue weighted by Crippen LogP contribution is 2.26. The van der Waals surface area contributed by atoms with Gasteiger partial charge < -0.3 is 9.84 Å². The summed E-state index contributed by atoms with van der Waals surface area (Å²) in [6.45, 7) is -3.02. The first-order valence-electron chi connectivity index (χ1n) is 5.15. The lowest BCUT2D eigenvalue weighted by molar-refractivity contribution is -0.0498. The highest BCUT2D eigenvalue weighted by molar-refractivity contribution is 5.90. The fraction of sp³-hybridized carbons (Fsp3) is 0.0833. The van der Waals surface area contributed by atoms with E-state index in [9.17, 15) is 13.6 Å². The van der Waals surface area contributed by atoms with Gasteiger partial charge in [-0.05, 0) is 23.8 Å². The second-order valence-corrected chi connectivity index (χ2v) is 3.56. The van der Waals surface area contributed by atoms with Crippen molar-refractivity contribution in [1.82, 2.24) is 9.97 Å². The number of aromatic carboxylic acids is 1. The van der Waals surface area contributed by atoms with E-state index < -0.39 is 12.6 Å². The molecule has 0 unspecified atom stereocenters. The van der Waals surface area contributed by atoms with Crippen LogP contribution >= 0.6 is 0 Å². The lowest BCUT2D eigenvalue weighted by atomic mass is 10.1. The van der Waals surface area contributed by atoms with E-state index in [1.807, 2.05) is 0 Å². The molecule has 1 heterocycles. The zero-order valence-corrected chi connectivity index (χ0v) is 9.46. The molecule has 7 heteroatoms. The summed E-state index contributed by atoms with van der Waals surface area (Å²) in [5, 5.41) is 8.94. The number of hydrogen-bond acceptors (Lipinski definition) is 4. The molecular formula is C12H8F2N2O3. The Morgan fingerprint density at radius 3 is 2.42 bits per heavy atom. The number of aromatic nitrogens is 2.